The van der Waals surface area contributed by atoms with Crippen molar-refractivity contribution in [3.05, 3.63) is 53.7 Å². The molecule has 0 aliphatic heterocycles. The maximum Gasteiger partial charge on any atom is 0.254 e. The van der Waals surface area contributed by atoms with Crippen LogP contribution in [0.3, 0.4) is 0 Å². The minimum absolute atomic E-state index is 0.119. The number of nitrogens with one attached hydrogen (secondary N) is 1. The predicted octanol–water partition coefficient (Wildman–Crippen LogP) is 1.13. The van der Waals surface area contributed by atoms with E-state index in [2.05, 4.69) is 15.3 Å². The first-order valence-corrected chi connectivity index (χ1v) is 5.25. The van der Waals surface area contributed by atoms with Gasteiger partial charge >= 0.3 is 0 Å². The molecule has 5 nitrogen and oxygen atoms in total. The number of amides is 1. The minimum Gasteiger partial charge on any atom is -0.381 e. The van der Waals surface area contributed by atoms with Crippen LogP contribution in [-0.2, 0) is 6.54 Å². The standard InChI is InChI=1S/C12H11FN4O/c13-10-9(3-5-16-11(10)14)12(18)17-7-8-2-1-4-15-6-8/h1-6H,7H2,(H2,14,16)(H,17,18). The molecule has 92 valence electrons. The Labute approximate surface area is 103 Å². The second-order valence-corrected chi connectivity index (χ2v) is 3.60. The largest absolute Gasteiger partial charge is 0.381 e. The predicted molar refractivity (Wildman–Crippen MR) is 64.0 cm³/mol. The molecule has 0 aliphatic rings. The third kappa shape index (κ3) is 2.60. The van der Waals surface area contributed by atoms with Crippen molar-refractivity contribution in [1.82, 2.24) is 15.3 Å². The Morgan fingerprint density at radius 3 is 2.94 bits per heavy atom. The zero-order valence-corrected chi connectivity index (χ0v) is 9.43. The van der Waals surface area contributed by atoms with Crippen LogP contribution >= 0.6 is 0 Å². The van der Waals surface area contributed by atoms with Gasteiger partial charge in [-0.15, -0.1) is 0 Å². The molecule has 2 aromatic rings. The van der Waals surface area contributed by atoms with Crippen LogP contribution in [-0.4, -0.2) is 15.9 Å². The molecule has 0 saturated heterocycles. The molecule has 0 aromatic carbocycles. The Kier molecular flexibility index (Phi) is 3.47. The molecule has 0 unspecified atom stereocenters. The first kappa shape index (κ1) is 12.0. The Bertz CT molecular complexity index is 559. The molecule has 0 bridgehead atoms. The lowest BCUT2D eigenvalue weighted by atomic mass is 10.2. The van der Waals surface area contributed by atoms with Crippen LogP contribution < -0.4 is 11.1 Å². The number of rotatable bonds is 3. The van der Waals surface area contributed by atoms with Crippen molar-refractivity contribution in [1.29, 1.82) is 0 Å². The molecule has 2 heterocycles. The number of anilines is 1. The summed E-state index contributed by atoms with van der Waals surface area (Å²) in [6.45, 7) is 0.272. The summed E-state index contributed by atoms with van der Waals surface area (Å²) in [4.78, 5) is 19.2. The Morgan fingerprint density at radius 1 is 1.39 bits per heavy atom. The van der Waals surface area contributed by atoms with Crippen molar-refractivity contribution in [3.8, 4) is 0 Å². The summed E-state index contributed by atoms with van der Waals surface area (Å²) in [7, 11) is 0. The van der Waals surface area contributed by atoms with E-state index in [1.54, 1.807) is 18.5 Å². The highest BCUT2D eigenvalue weighted by molar-refractivity contribution is 5.95. The van der Waals surface area contributed by atoms with Crippen LogP contribution in [0.5, 0.6) is 0 Å². The molecular weight excluding hydrogens is 235 g/mol. The number of hydrogen-bond acceptors (Lipinski definition) is 4. The van der Waals surface area contributed by atoms with Crippen LogP contribution in [0.2, 0.25) is 0 Å². The summed E-state index contributed by atoms with van der Waals surface area (Å²) in [5.41, 5.74) is 6.00. The molecule has 0 fully saturated rings. The Morgan fingerprint density at radius 2 is 2.22 bits per heavy atom. The van der Waals surface area contributed by atoms with E-state index in [1.165, 1.54) is 12.3 Å². The number of nitrogens with two attached hydrogens (primary N) is 1. The van der Waals surface area contributed by atoms with Gasteiger partial charge in [0.2, 0.25) is 0 Å². The molecule has 3 N–H and O–H groups in total. The maximum absolute atomic E-state index is 13.5. The van der Waals surface area contributed by atoms with Crippen LogP contribution in [0, 0.1) is 5.82 Å². The van der Waals surface area contributed by atoms with Crippen LogP contribution in [0.25, 0.3) is 0 Å². The van der Waals surface area contributed by atoms with Gasteiger partial charge in [-0.25, -0.2) is 9.37 Å². The van der Waals surface area contributed by atoms with Gasteiger partial charge < -0.3 is 11.1 Å². The first-order chi connectivity index (χ1) is 8.68. The van der Waals surface area contributed by atoms with Crippen molar-refractivity contribution in [2.75, 3.05) is 5.73 Å². The molecule has 0 radical (unpaired) electrons. The van der Waals surface area contributed by atoms with Gasteiger partial charge in [0.1, 0.15) is 0 Å². The summed E-state index contributed by atoms with van der Waals surface area (Å²) in [6, 6.07) is 4.85. The van der Waals surface area contributed by atoms with E-state index in [9.17, 15) is 9.18 Å². The number of carbonyl (C=O) groups excluding carboxylic acids is 1. The summed E-state index contributed by atoms with van der Waals surface area (Å²) >= 11 is 0. The maximum atomic E-state index is 13.5. The highest BCUT2D eigenvalue weighted by Gasteiger charge is 2.13. The molecule has 6 heteroatoms. The lowest BCUT2D eigenvalue weighted by Crippen LogP contribution is -2.24. The number of aromatic nitrogens is 2. The molecule has 2 aromatic heterocycles. The van der Waals surface area contributed by atoms with Gasteiger partial charge in [0.25, 0.3) is 5.91 Å². The lowest BCUT2D eigenvalue weighted by molar-refractivity contribution is 0.0947. The van der Waals surface area contributed by atoms with Gasteiger partial charge in [0.15, 0.2) is 11.6 Å². The van der Waals surface area contributed by atoms with Gasteiger partial charge in [-0.1, -0.05) is 6.07 Å². The van der Waals surface area contributed by atoms with Crippen molar-refractivity contribution < 1.29 is 9.18 Å². The van der Waals surface area contributed by atoms with Crippen molar-refractivity contribution in [2.45, 2.75) is 6.54 Å². The molecule has 1 amide bonds. The summed E-state index contributed by atoms with van der Waals surface area (Å²) < 4.78 is 13.5. The van der Waals surface area contributed by atoms with Crippen LogP contribution in [0.4, 0.5) is 10.2 Å². The first-order valence-electron chi connectivity index (χ1n) is 5.25. The van der Waals surface area contributed by atoms with E-state index in [0.29, 0.717) is 0 Å². The monoisotopic (exact) mass is 246 g/mol. The van der Waals surface area contributed by atoms with E-state index >= 15 is 0 Å². The fourth-order valence-corrected chi connectivity index (χ4v) is 1.42. The quantitative estimate of drug-likeness (QED) is 0.850. The fourth-order valence-electron chi connectivity index (χ4n) is 1.42. The molecule has 0 saturated carbocycles. The topological polar surface area (TPSA) is 80.9 Å². The normalized spacial score (nSPS) is 10.1. The second kappa shape index (κ2) is 5.22. The SMILES string of the molecule is Nc1nccc(C(=O)NCc2cccnc2)c1F. The van der Waals surface area contributed by atoms with Crippen LogP contribution in [0.15, 0.2) is 36.8 Å². The van der Waals surface area contributed by atoms with Gasteiger partial charge in [-0.3, -0.25) is 9.78 Å². The average Bonchev–Trinajstić information content (AvgIpc) is 2.40. The molecule has 0 spiro atoms. The third-order valence-electron chi connectivity index (χ3n) is 2.34. The van der Waals surface area contributed by atoms with Crippen LogP contribution in [0.1, 0.15) is 15.9 Å². The molecular formula is C12H11FN4O. The molecule has 0 aliphatic carbocycles. The molecule has 0 atom stereocenters. The third-order valence-corrected chi connectivity index (χ3v) is 2.34. The van der Waals surface area contributed by atoms with Crippen molar-refractivity contribution >= 4 is 11.7 Å². The highest BCUT2D eigenvalue weighted by Crippen LogP contribution is 2.11. The fraction of sp³-hybridized carbons (Fsp3) is 0.0833. The van der Waals surface area contributed by atoms with Gasteiger partial charge in [-0.05, 0) is 17.7 Å². The smallest absolute Gasteiger partial charge is 0.254 e. The average molecular weight is 246 g/mol. The van der Waals surface area contributed by atoms with E-state index < -0.39 is 11.7 Å². The van der Waals surface area contributed by atoms with E-state index in [1.807, 2.05) is 6.07 Å². The molecule has 18 heavy (non-hydrogen) atoms. The van der Waals surface area contributed by atoms with Gasteiger partial charge in [0, 0.05) is 25.1 Å². The van der Waals surface area contributed by atoms with E-state index in [0.717, 1.165) is 5.56 Å². The number of halogens is 1. The number of pyridine rings is 2. The summed E-state index contributed by atoms with van der Waals surface area (Å²) in [5.74, 6) is -1.63. The summed E-state index contributed by atoms with van der Waals surface area (Å²) in [5, 5.41) is 2.58. The minimum atomic E-state index is -0.804. The highest BCUT2D eigenvalue weighted by atomic mass is 19.1. The Balaban J connectivity index is 2.07. The van der Waals surface area contributed by atoms with Crippen molar-refractivity contribution in [3.63, 3.8) is 0 Å². The van der Waals surface area contributed by atoms with Gasteiger partial charge in [0.05, 0.1) is 5.56 Å². The zero-order chi connectivity index (χ0) is 13.0. The van der Waals surface area contributed by atoms with E-state index in [4.69, 9.17) is 5.73 Å². The lowest BCUT2D eigenvalue weighted by Gasteiger charge is -2.06. The number of hydrogen-bond donors (Lipinski definition) is 2. The number of carbonyl (C=O) groups is 1. The van der Waals surface area contributed by atoms with E-state index in [-0.39, 0.29) is 17.9 Å². The zero-order valence-electron chi connectivity index (χ0n) is 9.43. The van der Waals surface area contributed by atoms with Crippen molar-refractivity contribution in [2.24, 2.45) is 0 Å². The summed E-state index contributed by atoms with van der Waals surface area (Å²) in [6.07, 6.45) is 4.55. The Hall–Kier alpha value is -2.50. The molecule has 2 rings (SSSR count). The number of nitrogens with zero attached hydrogens (tertiary/aromatic N) is 2. The van der Waals surface area contributed by atoms with Gasteiger partial charge in [-0.2, -0.15) is 0 Å². The number of nitrogen functional groups attached to an aromatic ring is 1. The second-order valence-electron chi connectivity index (χ2n) is 3.60.